The second kappa shape index (κ2) is 11.1. The number of nitrogens with zero attached hydrogens (tertiary/aromatic N) is 7. The van der Waals surface area contributed by atoms with E-state index in [0.717, 1.165) is 38.0 Å². The maximum Gasteiger partial charge on any atom is 0.256 e. The predicted octanol–water partition coefficient (Wildman–Crippen LogP) is 3.25. The lowest BCUT2D eigenvalue weighted by atomic mass is 10.0. The Morgan fingerprint density at radius 1 is 1.05 bits per heavy atom. The van der Waals surface area contributed by atoms with Crippen molar-refractivity contribution in [3.8, 4) is 11.3 Å². The first kappa shape index (κ1) is 26.6. The van der Waals surface area contributed by atoms with Crippen molar-refractivity contribution in [3.63, 3.8) is 0 Å². The van der Waals surface area contributed by atoms with Crippen LogP contribution in [0.3, 0.4) is 0 Å². The van der Waals surface area contributed by atoms with Crippen molar-refractivity contribution in [1.29, 1.82) is 0 Å². The number of rotatable bonds is 7. The highest BCUT2D eigenvalue weighted by Gasteiger charge is 2.43. The average molecular weight is 552 g/mol. The molecule has 6 rings (SSSR count). The SMILES string of the molecule is CN(C)C/C=C/C(=O)N1CC2CC(n3nc(-c4ccc(C(=O)Nc5ccccn5)cc4)c4c(N)ncnc43)C[C@@H]2C1. The first-order valence-corrected chi connectivity index (χ1v) is 13.8. The molecule has 2 amide bonds. The van der Waals surface area contributed by atoms with Crippen molar-refractivity contribution in [2.45, 2.75) is 18.9 Å². The summed E-state index contributed by atoms with van der Waals surface area (Å²) >= 11 is 0. The van der Waals surface area contributed by atoms with E-state index in [-0.39, 0.29) is 17.9 Å². The number of carbonyl (C=O) groups is 2. The average Bonchev–Trinajstić information content (AvgIpc) is 3.66. The zero-order valence-corrected chi connectivity index (χ0v) is 23.1. The number of benzene rings is 1. The highest BCUT2D eigenvalue weighted by molar-refractivity contribution is 6.04. The fourth-order valence-corrected chi connectivity index (χ4v) is 5.97. The van der Waals surface area contributed by atoms with Crippen LogP contribution < -0.4 is 11.1 Å². The van der Waals surface area contributed by atoms with E-state index >= 15 is 0 Å². The van der Waals surface area contributed by atoms with Gasteiger partial charge in [0.2, 0.25) is 5.91 Å². The third-order valence-corrected chi connectivity index (χ3v) is 7.96. The molecule has 3 aromatic heterocycles. The van der Waals surface area contributed by atoms with Crippen molar-refractivity contribution < 1.29 is 9.59 Å². The second-order valence-electron chi connectivity index (χ2n) is 11.1. The number of nitrogens with two attached hydrogens (primary N) is 1. The number of likely N-dealkylation sites (tertiary alicyclic amines) is 1. The van der Waals surface area contributed by atoms with Gasteiger partial charge in [0.1, 0.15) is 23.7 Å². The molecule has 1 saturated heterocycles. The van der Waals surface area contributed by atoms with Gasteiger partial charge in [0.05, 0.1) is 11.4 Å². The summed E-state index contributed by atoms with van der Waals surface area (Å²) in [6, 6.07) is 12.8. The van der Waals surface area contributed by atoms with Gasteiger partial charge in [-0.25, -0.2) is 19.6 Å². The van der Waals surface area contributed by atoms with Crippen LogP contribution in [0.5, 0.6) is 0 Å². The molecule has 2 aliphatic rings. The van der Waals surface area contributed by atoms with Gasteiger partial charge in [-0.2, -0.15) is 5.10 Å². The largest absolute Gasteiger partial charge is 0.383 e. The highest BCUT2D eigenvalue weighted by atomic mass is 16.2. The van der Waals surface area contributed by atoms with Crippen molar-refractivity contribution in [2.75, 3.05) is 44.8 Å². The Balaban J connectivity index is 1.20. The first-order valence-electron chi connectivity index (χ1n) is 13.8. The van der Waals surface area contributed by atoms with Crippen molar-refractivity contribution in [3.05, 3.63) is 72.7 Å². The van der Waals surface area contributed by atoms with Crippen LogP contribution in [0.25, 0.3) is 22.3 Å². The Kier molecular flexibility index (Phi) is 7.19. The molecule has 0 spiro atoms. The fourth-order valence-electron chi connectivity index (χ4n) is 5.97. The Bertz CT molecular complexity index is 1580. The number of likely N-dealkylation sites (N-methyl/N-ethyl adjacent to an activating group) is 1. The summed E-state index contributed by atoms with van der Waals surface area (Å²) in [4.78, 5) is 42.3. The summed E-state index contributed by atoms with van der Waals surface area (Å²) < 4.78 is 1.99. The summed E-state index contributed by atoms with van der Waals surface area (Å²) in [7, 11) is 3.97. The predicted molar refractivity (Wildman–Crippen MR) is 157 cm³/mol. The van der Waals surface area contributed by atoms with Crippen molar-refractivity contribution in [1.82, 2.24) is 34.5 Å². The molecule has 0 radical (unpaired) electrons. The molecule has 2 fully saturated rings. The van der Waals surface area contributed by atoms with E-state index in [0.29, 0.717) is 45.8 Å². The summed E-state index contributed by atoms with van der Waals surface area (Å²) in [5, 5.41) is 8.52. The molecule has 1 aromatic carbocycles. The zero-order chi connectivity index (χ0) is 28.5. The van der Waals surface area contributed by atoms with Crippen LogP contribution in [0.2, 0.25) is 0 Å². The Morgan fingerprint density at radius 2 is 1.80 bits per heavy atom. The second-order valence-corrected chi connectivity index (χ2v) is 11.1. The lowest BCUT2D eigenvalue weighted by molar-refractivity contribution is -0.125. The minimum Gasteiger partial charge on any atom is -0.383 e. The normalized spacial score (nSPS) is 20.3. The molecule has 1 aliphatic heterocycles. The fraction of sp³-hybridized carbons (Fsp3) is 0.333. The van der Waals surface area contributed by atoms with Crippen LogP contribution >= 0.6 is 0 Å². The van der Waals surface area contributed by atoms with Gasteiger partial charge in [-0.1, -0.05) is 24.3 Å². The van der Waals surface area contributed by atoms with Crippen LogP contribution in [0.4, 0.5) is 11.6 Å². The molecular formula is C30H33N9O2. The third-order valence-electron chi connectivity index (χ3n) is 7.96. The summed E-state index contributed by atoms with van der Waals surface area (Å²) in [6.45, 7) is 2.27. The maximum atomic E-state index is 12.7. The van der Waals surface area contributed by atoms with Gasteiger partial charge in [-0.15, -0.1) is 0 Å². The number of hydrogen-bond donors (Lipinski definition) is 2. The third kappa shape index (κ3) is 5.40. The Labute approximate surface area is 238 Å². The van der Waals surface area contributed by atoms with Gasteiger partial charge in [-0.05, 0) is 63.0 Å². The number of amides is 2. The number of carbonyl (C=O) groups excluding carboxylic acids is 2. The van der Waals surface area contributed by atoms with Gasteiger partial charge >= 0.3 is 0 Å². The van der Waals surface area contributed by atoms with Crippen LogP contribution in [0.15, 0.2) is 67.1 Å². The van der Waals surface area contributed by atoms with Crippen LogP contribution in [-0.2, 0) is 4.79 Å². The molecule has 210 valence electrons. The van der Waals surface area contributed by atoms with E-state index in [4.69, 9.17) is 10.8 Å². The number of anilines is 2. The first-order chi connectivity index (χ1) is 19.9. The number of hydrogen-bond acceptors (Lipinski definition) is 8. The Hall–Kier alpha value is -4.64. The number of nitrogens with one attached hydrogen (secondary N) is 1. The van der Waals surface area contributed by atoms with Gasteiger partial charge in [0.15, 0.2) is 5.65 Å². The number of nitrogen functional groups attached to an aromatic ring is 1. The minimum absolute atomic E-state index is 0.0855. The molecule has 11 nitrogen and oxygen atoms in total. The molecule has 41 heavy (non-hydrogen) atoms. The van der Waals surface area contributed by atoms with Crippen LogP contribution in [0, 0.1) is 11.8 Å². The van der Waals surface area contributed by atoms with E-state index in [2.05, 4.69) is 20.3 Å². The Morgan fingerprint density at radius 3 is 2.49 bits per heavy atom. The molecule has 1 aliphatic carbocycles. The van der Waals surface area contributed by atoms with Gasteiger partial charge < -0.3 is 20.9 Å². The lowest BCUT2D eigenvalue weighted by Gasteiger charge is -2.18. The molecule has 3 N–H and O–H groups in total. The van der Waals surface area contributed by atoms with E-state index < -0.39 is 0 Å². The monoisotopic (exact) mass is 551 g/mol. The van der Waals surface area contributed by atoms with E-state index in [1.54, 1.807) is 36.5 Å². The van der Waals surface area contributed by atoms with Crippen molar-refractivity contribution >= 4 is 34.5 Å². The quantitative estimate of drug-likeness (QED) is 0.334. The van der Waals surface area contributed by atoms with E-state index in [1.165, 1.54) is 6.33 Å². The number of pyridine rings is 1. The molecule has 2 unspecified atom stereocenters. The number of fused-ring (bicyclic) bond motifs is 2. The summed E-state index contributed by atoms with van der Waals surface area (Å²) in [5.74, 6) is 1.54. The molecule has 0 bridgehead atoms. The molecule has 1 saturated carbocycles. The molecular weight excluding hydrogens is 518 g/mol. The maximum absolute atomic E-state index is 12.7. The van der Waals surface area contributed by atoms with Gasteiger partial charge in [0.25, 0.3) is 5.91 Å². The van der Waals surface area contributed by atoms with Gasteiger partial charge in [-0.3, -0.25) is 9.59 Å². The van der Waals surface area contributed by atoms with Crippen LogP contribution in [-0.4, -0.2) is 80.1 Å². The standard InChI is InChI=1S/C30H33N9O2/c1-37(2)13-5-7-25(40)38-16-21-14-23(15-22(21)17-38)39-29-26(28(31)33-18-34-29)27(36-39)19-8-10-20(11-9-19)30(41)35-24-6-3-4-12-32-24/h3-12,18,21-23H,13-17H2,1-2H3,(H2,31,33,34)(H,32,35,41)/b7-5+/t21-,22?,23?/m1/s1. The number of aromatic nitrogens is 5. The van der Waals surface area contributed by atoms with E-state index in [1.807, 2.05) is 52.9 Å². The van der Waals surface area contributed by atoms with Crippen molar-refractivity contribution in [2.24, 2.45) is 11.8 Å². The smallest absolute Gasteiger partial charge is 0.256 e. The molecule has 11 heteroatoms. The lowest BCUT2D eigenvalue weighted by Crippen LogP contribution is -2.28. The van der Waals surface area contributed by atoms with E-state index in [9.17, 15) is 9.59 Å². The topological polar surface area (TPSA) is 135 Å². The van der Waals surface area contributed by atoms with Crippen LogP contribution in [0.1, 0.15) is 29.2 Å². The minimum atomic E-state index is -0.244. The highest BCUT2D eigenvalue weighted by Crippen LogP contribution is 2.45. The summed E-state index contributed by atoms with van der Waals surface area (Å²) in [5.41, 5.74) is 9.07. The summed E-state index contributed by atoms with van der Waals surface area (Å²) in [6.07, 6.45) is 8.55. The van der Waals surface area contributed by atoms with Gasteiger partial charge in [0, 0.05) is 43.0 Å². The molecule has 4 heterocycles. The molecule has 3 atom stereocenters. The zero-order valence-electron chi connectivity index (χ0n) is 23.1. The molecule has 4 aromatic rings.